The second-order valence-corrected chi connectivity index (χ2v) is 9.14. The summed E-state index contributed by atoms with van der Waals surface area (Å²) in [4.78, 5) is 20.9. The van der Waals surface area contributed by atoms with E-state index in [2.05, 4.69) is 9.64 Å². The summed E-state index contributed by atoms with van der Waals surface area (Å²) < 4.78 is 43.8. The van der Waals surface area contributed by atoms with Crippen molar-refractivity contribution >= 4 is 0 Å². The van der Waals surface area contributed by atoms with Crippen LogP contribution in [0.1, 0.15) is 39.8 Å². The molecule has 5 nitrogen and oxygen atoms in total. The van der Waals surface area contributed by atoms with Crippen LogP contribution in [-0.2, 0) is 19.5 Å². The molecule has 0 amide bonds. The molecule has 1 aliphatic rings. The molecule has 8 heteroatoms. The van der Waals surface area contributed by atoms with Gasteiger partial charge < -0.3 is 4.74 Å². The Labute approximate surface area is 212 Å². The Morgan fingerprint density at radius 1 is 0.946 bits per heavy atom. The van der Waals surface area contributed by atoms with Gasteiger partial charge in [0.15, 0.2) is 0 Å². The molecule has 4 aromatic rings. The van der Waals surface area contributed by atoms with Gasteiger partial charge in [0.25, 0.3) is 5.56 Å². The van der Waals surface area contributed by atoms with E-state index in [1.165, 1.54) is 18.2 Å². The van der Waals surface area contributed by atoms with Crippen LogP contribution in [-0.4, -0.2) is 27.4 Å². The standard InChI is InChI=1S/C29H26F3N3O2/c1-20-33-26-15-16-34(18-21-9-8-14-24(17-21)37-29(30,31)32)19-25(26)28(36)35(20)27(22-10-4-2-5-11-22)23-12-6-3-7-13-23/h2-14,17,27H,15-16,18-19H2,1H3. The molecule has 37 heavy (non-hydrogen) atoms. The predicted molar refractivity (Wildman–Crippen MR) is 134 cm³/mol. The van der Waals surface area contributed by atoms with Crippen LogP contribution in [0.5, 0.6) is 5.75 Å². The molecule has 0 radical (unpaired) electrons. The van der Waals surface area contributed by atoms with Gasteiger partial charge in [0.05, 0.1) is 17.3 Å². The topological polar surface area (TPSA) is 47.4 Å². The van der Waals surface area contributed by atoms with Gasteiger partial charge in [-0.1, -0.05) is 72.8 Å². The van der Waals surface area contributed by atoms with E-state index >= 15 is 0 Å². The number of ether oxygens (including phenoxy) is 1. The summed E-state index contributed by atoms with van der Waals surface area (Å²) in [5, 5.41) is 0. The van der Waals surface area contributed by atoms with Gasteiger partial charge in [-0.15, -0.1) is 13.2 Å². The highest BCUT2D eigenvalue weighted by Crippen LogP contribution is 2.28. The third kappa shape index (κ3) is 5.59. The fourth-order valence-electron chi connectivity index (χ4n) is 4.96. The van der Waals surface area contributed by atoms with Crippen LogP contribution in [0, 0.1) is 6.92 Å². The molecule has 0 N–H and O–H groups in total. The van der Waals surface area contributed by atoms with Crippen LogP contribution in [0.15, 0.2) is 89.7 Å². The summed E-state index contributed by atoms with van der Waals surface area (Å²) in [7, 11) is 0. The van der Waals surface area contributed by atoms with Crippen molar-refractivity contribution in [3.05, 3.63) is 129 Å². The molecule has 2 heterocycles. The van der Waals surface area contributed by atoms with E-state index in [0.29, 0.717) is 43.0 Å². The number of aromatic nitrogens is 2. The molecule has 5 rings (SSSR count). The van der Waals surface area contributed by atoms with E-state index < -0.39 is 6.36 Å². The molecule has 190 valence electrons. The molecule has 0 spiro atoms. The van der Waals surface area contributed by atoms with Crippen LogP contribution in [0.4, 0.5) is 13.2 Å². The SMILES string of the molecule is Cc1nc2c(c(=O)n1C(c1ccccc1)c1ccccc1)CN(Cc1cccc(OC(F)(F)F)c1)CC2. The van der Waals surface area contributed by atoms with Crippen molar-refractivity contribution in [3.8, 4) is 5.75 Å². The van der Waals surface area contributed by atoms with Gasteiger partial charge >= 0.3 is 6.36 Å². The fraction of sp³-hybridized carbons (Fsp3) is 0.241. The molecule has 0 bridgehead atoms. The molecule has 0 aliphatic carbocycles. The van der Waals surface area contributed by atoms with Crippen molar-refractivity contribution < 1.29 is 17.9 Å². The highest BCUT2D eigenvalue weighted by Gasteiger charge is 2.31. The van der Waals surface area contributed by atoms with Crippen LogP contribution in [0.25, 0.3) is 0 Å². The van der Waals surface area contributed by atoms with Crippen molar-refractivity contribution in [3.63, 3.8) is 0 Å². The number of hydrogen-bond acceptors (Lipinski definition) is 4. The quantitative estimate of drug-likeness (QED) is 0.340. The van der Waals surface area contributed by atoms with E-state index in [9.17, 15) is 18.0 Å². The maximum absolute atomic E-state index is 14.0. The van der Waals surface area contributed by atoms with Gasteiger partial charge in [-0.2, -0.15) is 0 Å². The average Bonchev–Trinajstić information content (AvgIpc) is 2.87. The van der Waals surface area contributed by atoms with Crippen LogP contribution in [0.3, 0.4) is 0 Å². The number of benzene rings is 3. The summed E-state index contributed by atoms with van der Waals surface area (Å²) >= 11 is 0. The van der Waals surface area contributed by atoms with Gasteiger partial charge in [-0.05, 0) is 35.7 Å². The minimum Gasteiger partial charge on any atom is -0.406 e. The van der Waals surface area contributed by atoms with Crippen molar-refractivity contribution in [2.45, 2.75) is 38.8 Å². The summed E-state index contributed by atoms with van der Waals surface area (Å²) in [6, 6.07) is 25.3. The summed E-state index contributed by atoms with van der Waals surface area (Å²) in [6.45, 7) is 3.26. The van der Waals surface area contributed by atoms with E-state index in [-0.39, 0.29) is 17.4 Å². The van der Waals surface area contributed by atoms with Gasteiger partial charge in [0.2, 0.25) is 0 Å². The second kappa shape index (κ2) is 10.2. The number of aryl methyl sites for hydroxylation is 1. The first-order chi connectivity index (χ1) is 17.8. The van der Waals surface area contributed by atoms with Crippen LogP contribution in [0.2, 0.25) is 0 Å². The number of halogens is 3. The lowest BCUT2D eigenvalue weighted by molar-refractivity contribution is -0.274. The Hall–Kier alpha value is -3.91. The number of rotatable bonds is 6. The Morgan fingerprint density at radius 2 is 1.59 bits per heavy atom. The highest BCUT2D eigenvalue weighted by atomic mass is 19.4. The summed E-state index contributed by atoms with van der Waals surface area (Å²) in [5.41, 5.74) is 3.95. The molecule has 0 atom stereocenters. The Morgan fingerprint density at radius 3 is 2.22 bits per heavy atom. The molecular weight excluding hydrogens is 479 g/mol. The van der Waals surface area contributed by atoms with Crippen molar-refractivity contribution in [2.24, 2.45) is 0 Å². The maximum Gasteiger partial charge on any atom is 0.573 e. The van der Waals surface area contributed by atoms with E-state index in [1.54, 1.807) is 10.6 Å². The van der Waals surface area contributed by atoms with Gasteiger partial charge in [-0.3, -0.25) is 14.3 Å². The van der Waals surface area contributed by atoms with Gasteiger partial charge in [-0.25, -0.2) is 4.98 Å². The lowest BCUT2D eigenvalue weighted by atomic mass is 9.97. The van der Waals surface area contributed by atoms with Crippen molar-refractivity contribution in [1.29, 1.82) is 0 Å². The largest absolute Gasteiger partial charge is 0.573 e. The number of nitrogens with zero attached hydrogens (tertiary/aromatic N) is 3. The van der Waals surface area contributed by atoms with Gasteiger partial charge in [0, 0.05) is 26.1 Å². The highest BCUT2D eigenvalue weighted by molar-refractivity contribution is 5.35. The third-order valence-electron chi connectivity index (χ3n) is 6.54. The van der Waals surface area contributed by atoms with E-state index in [0.717, 1.165) is 16.8 Å². The molecule has 1 aromatic heterocycles. The molecule has 3 aromatic carbocycles. The Bertz CT molecular complexity index is 1400. The lowest BCUT2D eigenvalue weighted by Gasteiger charge is -2.30. The molecule has 0 fully saturated rings. The minimum absolute atomic E-state index is 0.0981. The van der Waals surface area contributed by atoms with Crippen LogP contribution >= 0.6 is 0 Å². The third-order valence-corrected chi connectivity index (χ3v) is 6.54. The zero-order chi connectivity index (χ0) is 26.0. The molecular formula is C29H26F3N3O2. The van der Waals surface area contributed by atoms with Crippen LogP contribution < -0.4 is 10.3 Å². The first-order valence-corrected chi connectivity index (χ1v) is 12.1. The zero-order valence-corrected chi connectivity index (χ0v) is 20.3. The van der Waals surface area contributed by atoms with E-state index in [4.69, 9.17) is 4.98 Å². The monoisotopic (exact) mass is 505 g/mol. The number of alkyl halides is 3. The average molecular weight is 506 g/mol. The Balaban J connectivity index is 1.48. The Kier molecular flexibility index (Phi) is 6.84. The fourth-order valence-corrected chi connectivity index (χ4v) is 4.96. The smallest absolute Gasteiger partial charge is 0.406 e. The predicted octanol–water partition coefficient (Wildman–Crippen LogP) is 5.65. The number of hydrogen-bond donors (Lipinski definition) is 0. The minimum atomic E-state index is -4.74. The first-order valence-electron chi connectivity index (χ1n) is 12.1. The molecule has 0 unspecified atom stereocenters. The van der Waals surface area contributed by atoms with E-state index in [1.807, 2.05) is 67.6 Å². The van der Waals surface area contributed by atoms with Crippen molar-refractivity contribution in [1.82, 2.24) is 14.5 Å². The molecule has 0 saturated carbocycles. The summed E-state index contributed by atoms with van der Waals surface area (Å²) in [6.07, 6.45) is -4.16. The summed E-state index contributed by atoms with van der Waals surface area (Å²) in [5.74, 6) is 0.391. The lowest BCUT2D eigenvalue weighted by Crippen LogP contribution is -2.40. The normalized spacial score (nSPS) is 14.0. The molecule has 0 saturated heterocycles. The second-order valence-electron chi connectivity index (χ2n) is 9.14. The first kappa shape index (κ1) is 24.8. The molecule has 1 aliphatic heterocycles. The zero-order valence-electron chi connectivity index (χ0n) is 20.3. The number of fused-ring (bicyclic) bond motifs is 1. The van der Waals surface area contributed by atoms with Gasteiger partial charge in [0.1, 0.15) is 11.6 Å². The maximum atomic E-state index is 14.0. The van der Waals surface area contributed by atoms with Crippen molar-refractivity contribution in [2.75, 3.05) is 6.54 Å².